The van der Waals surface area contributed by atoms with E-state index in [-0.39, 0.29) is 0 Å². The highest BCUT2D eigenvalue weighted by Gasteiger charge is 2.23. The van der Waals surface area contributed by atoms with Crippen molar-refractivity contribution in [2.45, 2.75) is 18.9 Å². The molecular weight excluding hydrogens is 256 g/mol. The Morgan fingerprint density at radius 1 is 1.15 bits per heavy atom. The lowest BCUT2D eigenvalue weighted by Gasteiger charge is -2.02. The zero-order valence-corrected chi connectivity index (χ0v) is 10.5. The van der Waals surface area contributed by atoms with E-state index in [1.54, 1.807) is 12.3 Å². The summed E-state index contributed by atoms with van der Waals surface area (Å²) in [6, 6.07) is 2.29. The molecule has 8 nitrogen and oxygen atoms in total. The summed E-state index contributed by atoms with van der Waals surface area (Å²) >= 11 is 0. The van der Waals surface area contributed by atoms with Gasteiger partial charge in [-0.15, -0.1) is 0 Å². The fraction of sp³-hybridized carbons (Fsp3) is 0.250. The molecule has 3 aromatic heterocycles. The molecule has 1 aliphatic rings. The first-order chi connectivity index (χ1) is 9.88. The topological polar surface area (TPSA) is 104 Å². The van der Waals surface area contributed by atoms with E-state index < -0.39 is 0 Å². The number of fused-ring (bicyclic) bond motifs is 1. The number of imidazole rings is 1. The molecule has 0 aromatic carbocycles. The van der Waals surface area contributed by atoms with Gasteiger partial charge in [0.2, 0.25) is 5.95 Å². The molecule has 0 atom stereocenters. The summed E-state index contributed by atoms with van der Waals surface area (Å²) < 4.78 is 0. The molecule has 0 radical (unpaired) electrons. The molecule has 20 heavy (non-hydrogen) atoms. The zero-order valence-electron chi connectivity index (χ0n) is 10.5. The second kappa shape index (κ2) is 4.41. The minimum atomic E-state index is 0.523. The Morgan fingerprint density at radius 2 is 2.10 bits per heavy atom. The van der Waals surface area contributed by atoms with Crippen molar-refractivity contribution in [1.29, 1.82) is 0 Å². The molecule has 0 saturated heterocycles. The van der Waals surface area contributed by atoms with Gasteiger partial charge >= 0.3 is 0 Å². The summed E-state index contributed by atoms with van der Waals surface area (Å²) in [5.74, 6) is 2.04. The van der Waals surface area contributed by atoms with E-state index in [1.165, 1.54) is 25.5 Å². The lowest BCUT2D eigenvalue weighted by Crippen LogP contribution is -2.03. The zero-order chi connectivity index (χ0) is 13.4. The van der Waals surface area contributed by atoms with Crippen LogP contribution >= 0.6 is 0 Å². The number of hydrogen-bond acceptors (Lipinski definition) is 7. The van der Waals surface area contributed by atoms with Crippen molar-refractivity contribution >= 4 is 28.7 Å². The molecule has 0 amide bonds. The van der Waals surface area contributed by atoms with Crippen LogP contribution in [0.5, 0.6) is 0 Å². The normalized spacial score (nSPS) is 14.4. The maximum Gasteiger partial charge on any atom is 0.208 e. The Hall–Kier alpha value is -2.77. The highest BCUT2D eigenvalue weighted by molar-refractivity contribution is 5.84. The van der Waals surface area contributed by atoms with Crippen LogP contribution in [0.4, 0.5) is 17.6 Å². The Kier molecular flexibility index (Phi) is 2.44. The van der Waals surface area contributed by atoms with Crippen molar-refractivity contribution < 1.29 is 0 Å². The number of anilines is 3. The molecule has 1 fully saturated rings. The third-order valence-electron chi connectivity index (χ3n) is 3.03. The van der Waals surface area contributed by atoms with Gasteiger partial charge in [-0.05, 0) is 18.9 Å². The van der Waals surface area contributed by atoms with Gasteiger partial charge in [-0.25, -0.2) is 19.9 Å². The quantitative estimate of drug-likeness (QED) is 0.658. The molecule has 0 unspecified atom stereocenters. The van der Waals surface area contributed by atoms with E-state index in [1.807, 2.05) is 0 Å². The predicted molar refractivity (Wildman–Crippen MR) is 73.6 cm³/mol. The minimum Gasteiger partial charge on any atom is -0.365 e. The van der Waals surface area contributed by atoms with Crippen molar-refractivity contribution in [3.63, 3.8) is 0 Å². The second-order valence-corrected chi connectivity index (χ2v) is 4.64. The van der Waals surface area contributed by atoms with Gasteiger partial charge < -0.3 is 15.6 Å². The van der Waals surface area contributed by atoms with Gasteiger partial charge in [0, 0.05) is 12.2 Å². The average Bonchev–Trinajstić information content (AvgIpc) is 3.18. The summed E-state index contributed by atoms with van der Waals surface area (Å²) in [5, 5.41) is 6.44. The first-order valence-electron chi connectivity index (χ1n) is 6.39. The van der Waals surface area contributed by atoms with Gasteiger partial charge in [0.15, 0.2) is 11.5 Å². The molecular formula is C12H12N8. The molecule has 8 heteroatoms. The lowest BCUT2D eigenvalue weighted by atomic mass is 10.5. The van der Waals surface area contributed by atoms with E-state index in [0.29, 0.717) is 23.5 Å². The second-order valence-electron chi connectivity index (χ2n) is 4.64. The Labute approximate surface area is 114 Å². The Bertz CT molecular complexity index is 734. The fourth-order valence-electron chi connectivity index (χ4n) is 1.90. The van der Waals surface area contributed by atoms with E-state index in [9.17, 15) is 0 Å². The minimum absolute atomic E-state index is 0.523. The monoisotopic (exact) mass is 268 g/mol. The summed E-state index contributed by atoms with van der Waals surface area (Å²) in [7, 11) is 0. The maximum absolute atomic E-state index is 4.38. The molecule has 4 rings (SSSR count). The molecule has 0 bridgehead atoms. The number of aromatic nitrogens is 6. The first-order valence-corrected chi connectivity index (χ1v) is 6.39. The van der Waals surface area contributed by atoms with Crippen LogP contribution in [0.1, 0.15) is 12.8 Å². The fourth-order valence-corrected chi connectivity index (χ4v) is 1.90. The summed E-state index contributed by atoms with van der Waals surface area (Å²) in [5.41, 5.74) is 1.43. The smallest absolute Gasteiger partial charge is 0.208 e. The largest absolute Gasteiger partial charge is 0.365 e. The SMILES string of the molecule is c1cc(Nc2nc3ncnc(NC4CC4)c3[nH]2)ncn1. The van der Waals surface area contributed by atoms with Gasteiger partial charge in [0.05, 0.1) is 0 Å². The van der Waals surface area contributed by atoms with Crippen molar-refractivity contribution in [1.82, 2.24) is 29.9 Å². The Balaban J connectivity index is 1.67. The average molecular weight is 268 g/mol. The number of nitrogens with zero attached hydrogens (tertiary/aromatic N) is 5. The molecule has 100 valence electrons. The Morgan fingerprint density at radius 3 is 2.90 bits per heavy atom. The third kappa shape index (κ3) is 2.11. The number of rotatable bonds is 4. The van der Waals surface area contributed by atoms with Crippen LogP contribution in [0, 0.1) is 0 Å². The van der Waals surface area contributed by atoms with Crippen LogP contribution < -0.4 is 10.6 Å². The van der Waals surface area contributed by atoms with Crippen LogP contribution in [-0.4, -0.2) is 35.9 Å². The van der Waals surface area contributed by atoms with E-state index >= 15 is 0 Å². The van der Waals surface area contributed by atoms with Crippen LogP contribution in [-0.2, 0) is 0 Å². The van der Waals surface area contributed by atoms with Crippen LogP contribution in [0.15, 0.2) is 24.9 Å². The summed E-state index contributed by atoms with van der Waals surface area (Å²) in [6.07, 6.45) is 7.03. The van der Waals surface area contributed by atoms with E-state index in [0.717, 1.165) is 11.3 Å². The van der Waals surface area contributed by atoms with Crippen LogP contribution in [0.2, 0.25) is 0 Å². The van der Waals surface area contributed by atoms with Crippen LogP contribution in [0.3, 0.4) is 0 Å². The number of nitrogens with one attached hydrogen (secondary N) is 3. The standard InChI is InChI=1S/C12H12N8/c1-2-7(1)17-10-9-11(16-6-15-10)20-12(19-9)18-8-3-4-13-5-14-8/h3-7H,1-2H2,(H3,13,14,15,16,17,18,19,20). The van der Waals surface area contributed by atoms with Crippen LogP contribution in [0.25, 0.3) is 11.2 Å². The molecule has 1 saturated carbocycles. The number of H-pyrrole nitrogens is 1. The highest BCUT2D eigenvalue weighted by atomic mass is 15.2. The van der Waals surface area contributed by atoms with Gasteiger partial charge in [-0.3, -0.25) is 0 Å². The highest BCUT2D eigenvalue weighted by Crippen LogP contribution is 2.27. The first kappa shape index (κ1) is 11.1. The van der Waals surface area contributed by atoms with Gasteiger partial charge in [0.1, 0.15) is 24.0 Å². The number of hydrogen-bond donors (Lipinski definition) is 3. The van der Waals surface area contributed by atoms with E-state index in [2.05, 4.69) is 40.5 Å². The van der Waals surface area contributed by atoms with Crippen molar-refractivity contribution in [3.8, 4) is 0 Å². The number of aromatic amines is 1. The van der Waals surface area contributed by atoms with Gasteiger partial charge in [-0.2, -0.15) is 4.98 Å². The molecule has 1 aliphatic carbocycles. The van der Waals surface area contributed by atoms with Crippen molar-refractivity contribution in [3.05, 3.63) is 24.9 Å². The van der Waals surface area contributed by atoms with Crippen molar-refractivity contribution in [2.24, 2.45) is 0 Å². The van der Waals surface area contributed by atoms with E-state index in [4.69, 9.17) is 0 Å². The molecule has 3 heterocycles. The summed E-state index contributed by atoms with van der Waals surface area (Å²) in [4.78, 5) is 23.9. The molecule has 3 N–H and O–H groups in total. The van der Waals surface area contributed by atoms with Gasteiger partial charge in [0.25, 0.3) is 0 Å². The third-order valence-corrected chi connectivity index (χ3v) is 3.03. The maximum atomic E-state index is 4.38. The van der Waals surface area contributed by atoms with Crippen molar-refractivity contribution in [2.75, 3.05) is 10.6 Å². The lowest BCUT2D eigenvalue weighted by molar-refractivity contribution is 1.10. The predicted octanol–water partition coefficient (Wildman–Crippen LogP) is 1.46. The molecule has 3 aromatic rings. The molecule has 0 aliphatic heterocycles. The summed E-state index contributed by atoms with van der Waals surface area (Å²) in [6.45, 7) is 0. The molecule has 0 spiro atoms. The van der Waals surface area contributed by atoms with Gasteiger partial charge in [-0.1, -0.05) is 0 Å².